The SMILES string of the molecule is O=C1C2CC3CC(C2)CC1(ONc1ccccc1)C3. The highest BCUT2D eigenvalue weighted by atomic mass is 16.7. The zero-order valence-corrected chi connectivity index (χ0v) is 11.0. The summed E-state index contributed by atoms with van der Waals surface area (Å²) >= 11 is 0. The summed E-state index contributed by atoms with van der Waals surface area (Å²) < 4.78 is 0. The topological polar surface area (TPSA) is 38.3 Å². The van der Waals surface area contributed by atoms with Crippen molar-refractivity contribution < 1.29 is 9.63 Å². The van der Waals surface area contributed by atoms with Crippen molar-refractivity contribution in [3.05, 3.63) is 30.3 Å². The summed E-state index contributed by atoms with van der Waals surface area (Å²) in [6.07, 6.45) is 5.34. The molecule has 0 radical (unpaired) electrons. The van der Waals surface area contributed by atoms with Crippen LogP contribution >= 0.6 is 0 Å². The second kappa shape index (κ2) is 4.07. The van der Waals surface area contributed by atoms with Gasteiger partial charge in [0, 0.05) is 5.92 Å². The lowest BCUT2D eigenvalue weighted by Gasteiger charge is -2.54. The molecule has 1 N–H and O–H groups in total. The van der Waals surface area contributed by atoms with Gasteiger partial charge in [0.05, 0.1) is 5.69 Å². The highest BCUT2D eigenvalue weighted by molar-refractivity contribution is 5.91. The minimum Gasteiger partial charge on any atom is -0.296 e. The van der Waals surface area contributed by atoms with Crippen molar-refractivity contribution in [1.29, 1.82) is 0 Å². The molecule has 5 rings (SSSR count). The highest BCUT2D eigenvalue weighted by Crippen LogP contribution is 2.55. The second-order valence-corrected chi connectivity index (χ2v) is 6.47. The first-order chi connectivity index (χ1) is 9.25. The maximum absolute atomic E-state index is 12.6. The number of carbonyl (C=O) groups excluding carboxylic acids is 1. The fourth-order valence-electron chi connectivity index (χ4n) is 4.50. The van der Waals surface area contributed by atoms with Crippen LogP contribution in [0.25, 0.3) is 0 Å². The minimum absolute atomic E-state index is 0.267. The Kier molecular flexibility index (Phi) is 2.46. The summed E-state index contributed by atoms with van der Waals surface area (Å²) in [5, 5.41) is 0. The molecular formula is C16H19NO2. The molecule has 4 fully saturated rings. The van der Waals surface area contributed by atoms with Gasteiger partial charge in [0.1, 0.15) is 0 Å². The first-order valence-corrected chi connectivity index (χ1v) is 7.28. The van der Waals surface area contributed by atoms with E-state index >= 15 is 0 Å². The first-order valence-electron chi connectivity index (χ1n) is 7.28. The van der Waals surface area contributed by atoms with Gasteiger partial charge in [-0.15, -0.1) is 0 Å². The fourth-order valence-corrected chi connectivity index (χ4v) is 4.50. The van der Waals surface area contributed by atoms with E-state index in [4.69, 9.17) is 4.84 Å². The van der Waals surface area contributed by atoms with Gasteiger partial charge in [-0.05, 0) is 56.1 Å². The van der Waals surface area contributed by atoms with Crippen molar-refractivity contribution in [2.75, 3.05) is 5.48 Å². The van der Waals surface area contributed by atoms with E-state index in [-0.39, 0.29) is 5.92 Å². The third-order valence-corrected chi connectivity index (χ3v) is 5.10. The largest absolute Gasteiger partial charge is 0.296 e. The number of benzene rings is 1. The van der Waals surface area contributed by atoms with Crippen molar-refractivity contribution in [2.24, 2.45) is 17.8 Å². The van der Waals surface area contributed by atoms with E-state index in [0.717, 1.165) is 31.4 Å². The summed E-state index contributed by atoms with van der Waals surface area (Å²) in [6.45, 7) is 0. The van der Waals surface area contributed by atoms with Gasteiger partial charge in [0.25, 0.3) is 0 Å². The van der Waals surface area contributed by atoms with Crippen LogP contribution in [0.1, 0.15) is 32.1 Å². The van der Waals surface area contributed by atoms with E-state index in [9.17, 15) is 4.79 Å². The number of carbonyl (C=O) groups is 1. The molecule has 100 valence electrons. The molecule has 4 saturated carbocycles. The molecule has 0 saturated heterocycles. The fraction of sp³-hybridized carbons (Fsp3) is 0.562. The summed E-state index contributed by atoms with van der Waals surface area (Å²) in [5.41, 5.74) is 3.40. The molecule has 0 aromatic heterocycles. The number of Topliss-reactive ketones (excluding diaryl/α,β-unsaturated/α-hetero) is 1. The summed E-state index contributed by atoms with van der Waals surface area (Å²) in [7, 11) is 0. The number of hydrogen-bond donors (Lipinski definition) is 1. The molecule has 3 nitrogen and oxygen atoms in total. The lowest BCUT2D eigenvalue weighted by Crippen LogP contribution is -2.59. The zero-order chi connectivity index (χ0) is 12.9. The van der Waals surface area contributed by atoms with Gasteiger partial charge in [0.15, 0.2) is 11.4 Å². The molecule has 2 atom stereocenters. The van der Waals surface area contributed by atoms with E-state index in [1.54, 1.807) is 0 Å². The Morgan fingerprint density at radius 2 is 1.74 bits per heavy atom. The molecule has 4 aliphatic carbocycles. The van der Waals surface area contributed by atoms with Crippen molar-refractivity contribution in [2.45, 2.75) is 37.7 Å². The Labute approximate surface area is 113 Å². The lowest BCUT2D eigenvalue weighted by atomic mass is 9.53. The average molecular weight is 257 g/mol. The Morgan fingerprint density at radius 3 is 2.42 bits per heavy atom. The zero-order valence-electron chi connectivity index (χ0n) is 11.0. The van der Waals surface area contributed by atoms with Crippen molar-refractivity contribution in [3.8, 4) is 0 Å². The summed E-state index contributed by atoms with van der Waals surface area (Å²) in [5.74, 6) is 2.02. The van der Waals surface area contributed by atoms with Gasteiger partial charge in [-0.1, -0.05) is 18.2 Å². The molecule has 0 aliphatic heterocycles. The third kappa shape index (κ3) is 1.79. The average Bonchev–Trinajstić information content (AvgIpc) is 2.43. The van der Waals surface area contributed by atoms with Crippen molar-refractivity contribution >= 4 is 11.5 Å². The highest BCUT2D eigenvalue weighted by Gasteiger charge is 2.58. The van der Waals surface area contributed by atoms with Crippen LogP contribution in [-0.4, -0.2) is 11.4 Å². The standard InChI is InChI=1S/C16H19NO2/c18-15-13-7-11-6-12(8-13)10-16(15,9-11)19-17-14-4-2-1-3-5-14/h1-5,11-13,17H,6-10H2. The lowest BCUT2D eigenvalue weighted by molar-refractivity contribution is -0.175. The van der Waals surface area contributed by atoms with Gasteiger partial charge >= 0.3 is 0 Å². The van der Waals surface area contributed by atoms with Crippen molar-refractivity contribution in [3.63, 3.8) is 0 Å². The van der Waals surface area contributed by atoms with E-state index < -0.39 is 5.60 Å². The summed E-state index contributed by atoms with van der Waals surface area (Å²) in [4.78, 5) is 18.5. The Morgan fingerprint density at radius 1 is 1.05 bits per heavy atom. The molecule has 0 amide bonds. The number of anilines is 1. The molecular weight excluding hydrogens is 238 g/mol. The van der Waals surface area contributed by atoms with Crippen LogP contribution < -0.4 is 5.48 Å². The van der Waals surface area contributed by atoms with E-state index in [1.807, 2.05) is 30.3 Å². The van der Waals surface area contributed by atoms with Crippen LogP contribution in [0.4, 0.5) is 5.69 Å². The molecule has 1 aromatic carbocycles. The predicted molar refractivity (Wildman–Crippen MR) is 72.4 cm³/mol. The molecule has 0 heterocycles. The predicted octanol–water partition coefficient (Wildman–Crippen LogP) is 3.18. The van der Waals surface area contributed by atoms with Gasteiger partial charge in [0.2, 0.25) is 0 Å². The van der Waals surface area contributed by atoms with Gasteiger partial charge in [-0.25, -0.2) is 0 Å². The van der Waals surface area contributed by atoms with Gasteiger partial charge < -0.3 is 0 Å². The Balaban J connectivity index is 1.54. The smallest absolute Gasteiger partial charge is 0.170 e. The number of hydrogen-bond acceptors (Lipinski definition) is 3. The van der Waals surface area contributed by atoms with Crippen LogP contribution in [0.5, 0.6) is 0 Å². The van der Waals surface area contributed by atoms with Gasteiger partial charge in [-0.2, -0.15) is 0 Å². The number of nitrogens with one attached hydrogen (secondary N) is 1. The molecule has 0 spiro atoms. The Hall–Kier alpha value is -1.35. The van der Waals surface area contributed by atoms with Crippen LogP contribution in [0.15, 0.2) is 30.3 Å². The molecule has 4 bridgehead atoms. The van der Waals surface area contributed by atoms with Crippen LogP contribution in [0.2, 0.25) is 0 Å². The first kappa shape index (κ1) is 11.5. The van der Waals surface area contributed by atoms with Crippen LogP contribution in [0, 0.1) is 17.8 Å². The Bertz CT molecular complexity index is 485. The molecule has 2 unspecified atom stereocenters. The monoisotopic (exact) mass is 257 g/mol. The quantitative estimate of drug-likeness (QED) is 0.845. The van der Waals surface area contributed by atoms with Crippen molar-refractivity contribution in [1.82, 2.24) is 0 Å². The van der Waals surface area contributed by atoms with Crippen LogP contribution in [0.3, 0.4) is 0 Å². The molecule has 4 aliphatic rings. The summed E-state index contributed by atoms with van der Waals surface area (Å²) in [6, 6.07) is 9.83. The van der Waals surface area contributed by atoms with Gasteiger partial charge in [-0.3, -0.25) is 15.1 Å². The minimum atomic E-state index is -0.537. The molecule has 3 heteroatoms. The molecule has 19 heavy (non-hydrogen) atoms. The third-order valence-electron chi connectivity index (χ3n) is 5.10. The molecule has 1 aromatic rings. The maximum Gasteiger partial charge on any atom is 0.170 e. The number of ketones is 1. The maximum atomic E-state index is 12.6. The second-order valence-electron chi connectivity index (χ2n) is 6.47. The normalized spacial score (nSPS) is 39.6. The number of para-hydroxylation sites is 1. The van der Waals surface area contributed by atoms with E-state index in [0.29, 0.717) is 17.6 Å². The number of rotatable bonds is 3. The van der Waals surface area contributed by atoms with Crippen LogP contribution in [-0.2, 0) is 9.63 Å². The van der Waals surface area contributed by atoms with E-state index in [2.05, 4.69) is 5.48 Å². The van der Waals surface area contributed by atoms with E-state index in [1.165, 1.54) is 6.42 Å².